The number of nitrogens with zero attached hydrogens (tertiary/aromatic N) is 1. The van der Waals surface area contributed by atoms with Gasteiger partial charge < -0.3 is 21.0 Å². The lowest BCUT2D eigenvalue weighted by Crippen LogP contribution is -2.52. The first-order valence-electron chi connectivity index (χ1n) is 11.9. The summed E-state index contributed by atoms with van der Waals surface area (Å²) in [6.45, 7) is 3.75. The van der Waals surface area contributed by atoms with Crippen molar-refractivity contribution in [3.8, 4) is 0 Å². The molecule has 1 amide bonds. The van der Waals surface area contributed by atoms with Gasteiger partial charge in [-0.2, -0.15) is 0 Å². The molecule has 4 aliphatic rings. The number of fused-ring (bicyclic) bond motifs is 1. The smallest absolute Gasteiger partial charge is 0.291 e. The summed E-state index contributed by atoms with van der Waals surface area (Å²) in [6.07, 6.45) is 11.8. The fourth-order valence-electron chi connectivity index (χ4n) is 6.85. The predicted octanol–water partition coefficient (Wildman–Crippen LogP) is 2.17. The lowest BCUT2D eigenvalue weighted by molar-refractivity contribution is -0.139. The van der Waals surface area contributed by atoms with Gasteiger partial charge in [-0.15, -0.1) is 0 Å². The van der Waals surface area contributed by atoms with Crippen LogP contribution >= 0.6 is 0 Å². The number of nitrogens with one attached hydrogen (secondary N) is 1. The minimum absolute atomic E-state index is 0.0769. The molecule has 4 N–H and O–H groups in total. The average Bonchev–Trinajstić information content (AvgIpc) is 2.78. The van der Waals surface area contributed by atoms with Gasteiger partial charge in [0.05, 0.1) is 0 Å². The summed E-state index contributed by atoms with van der Waals surface area (Å²) in [6, 6.07) is 0.401. The summed E-state index contributed by atoms with van der Waals surface area (Å²) in [5.41, 5.74) is 5.93. The van der Waals surface area contributed by atoms with Gasteiger partial charge in [-0.3, -0.25) is 4.79 Å². The summed E-state index contributed by atoms with van der Waals surface area (Å²) >= 11 is 0. The van der Waals surface area contributed by atoms with Gasteiger partial charge in [0, 0.05) is 25.0 Å². The molecular formula is C22H39BN3O2. The molecule has 4 fully saturated rings. The molecule has 28 heavy (non-hydrogen) atoms. The summed E-state index contributed by atoms with van der Waals surface area (Å²) < 4.78 is 0. The van der Waals surface area contributed by atoms with Crippen molar-refractivity contribution >= 4 is 13.4 Å². The summed E-state index contributed by atoms with van der Waals surface area (Å²) in [4.78, 5) is 15.4. The number of carbonyl (C=O) groups is 1. The van der Waals surface area contributed by atoms with Gasteiger partial charge in [0.15, 0.2) is 0 Å². The van der Waals surface area contributed by atoms with Gasteiger partial charge in [0.2, 0.25) is 5.91 Å². The third-order valence-electron chi connectivity index (χ3n) is 8.50. The van der Waals surface area contributed by atoms with Crippen molar-refractivity contribution in [1.82, 2.24) is 10.2 Å². The molecule has 0 aromatic rings. The standard InChI is InChI=1S/C22H39BN3O2/c24-14-15-3-1-4-17(11-15)16-6-9-26(10-7-16)22(27)18-12-20(23-28)19-5-2-8-25-21(19)13-18/h15-21,25,28H,1-14,24H2. The number of hydrogen-bond donors (Lipinski definition) is 3. The summed E-state index contributed by atoms with van der Waals surface area (Å²) in [5.74, 6) is 3.45. The van der Waals surface area contributed by atoms with Crippen molar-refractivity contribution in [1.29, 1.82) is 0 Å². The number of amides is 1. The van der Waals surface area contributed by atoms with E-state index in [9.17, 15) is 9.82 Å². The van der Waals surface area contributed by atoms with Crippen LogP contribution in [0.15, 0.2) is 0 Å². The molecule has 0 spiro atoms. The first kappa shape index (κ1) is 20.7. The van der Waals surface area contributed by atoms with Gasteiger partial charge >= 0.3 is 0 Å². The van der Waals surface area contributed by atoms with Gasteiger partial charge in [-0.05, 0) is 93.9 Å². The summed E-state index contributed by atoms with van der Waals surface area (Å²) in [7, 11) is 1.38. The minimum Gasteiger partial charge on any atom is -0.454 e. The Hall–Kier alpha value is -0.585. The van der Waals surface area contributed by atoms with Gasteiger partial charge in [0.1, 0.15) is 0 Å². The van der Waals surface area contributed by atoms with E-state index in [0.29, 0.717) is 17.9 Å². The maximum atomic E-state index is 13.3. The van der Waals surface area contributed by atoms with Crippen LogP contribution in [0.4, 0.5) is 0 Å². The quantitative estimate of drug-likeness (QED) is 0.645. The number of carbonyl (C=O) groups excluding carboxylic acids is 1. The van der Waals surface area contributed by atoms with Crippen molar-refractivity contribution in [3.63, 3.8) is 0 Å². The molecule has 6 unspecified atom stereocenters. The van der Waals surface area contributed by atoms with E-state index in [-0.39, 0.29) is 11.7 Å². The van der Waals surface area contributed by atoms with E-state index in [1.807, 2.05) is 0 Å². The monoisotopic (exact) mass is 388 g/mol. The third-order valence-corrected chi connectivity index (χ3v) is 8.50. The van der Waals surface area contributed by atoms with Crippen molar-refractivity contribution < 1.29 is 9.82 Å². The van der Waals surface area contributed by atoms with E-state index in [4.69, 9.17) is 5.73 Å². The SMILES string of the molecule is NCC1CCCC(C2CCN(C(=O)C3CC([B]O)C4CCCNC4C3)CC2)C1. The van der Waals surface area contributed by atoms with Crippen LogP contribution < -0.4 is 11.1 Å². The number of rotatable bonds is 4. The van der Waals surface area contributed by atoms with Crippen LogP contribution in [0.5, 0.6) is 0 Å². The van der Waals surface area contributed by atoms with Crippen molar-refractivity contribution in [2.45, 2.75) is 76.1 Å². The molecule has 6 atom stereocenters. The topological polar surface area (TPSA) is 78.6 Å². The first-order chi connectivity index (χ1) is 13.7. The Labute approximate surface area is 171 Å². The number of piperidine rings is 2. The van der Waals surface area contributed by atoms with Crippen LogP contribution in [0.2, 0.25) is 5.82 Å². The number of hydrogen-bond acceptors (Lipinski definition) is 4. The molecule has 2 saturated carbocycles. The molecule has 2 saturated heterocycles. The van der Waals surface area contributed by atoms with Crippen molar-refractivity contribution in [2.75, 3.05) is 26.2 Å². The van der Waals surface area contributed by atoms with E-state index in [1.165, 1.54) is 58.8 Å². The molecule has 4 rings (SSSR count). The van der Waals surface area contributed by atoms with E-state index in [0.717, 1.165) is 56.8 Å². The molecule has 0 aromatic carbocycles. The van der Waals surface area contributed by atoms with Crippen LogP contribution in [0, 0.1) is 29.6 Å². The molecule has 1 radical (unpaired) electrons. The van der Waals surface area contributed by atoms with E-state index < -0.39 is 0 Å². The molecule has 157 valence electrons. The first-order valence-corrected chi connectivity index (χ1v) is 11.9. The zero-order chi connectivity index (χ0) is 19.5. The summed E-state index contributed by atoms with van der Waals surface area (Å²) in [5, 5.41) is 13.4. The second-order valence-corrected chi connectivity index (χ2v) is 10.0. The van der Waals surface area contributed by atoms with Crippen LogP contribution in [0.25, 0.3) is 0 Å². The maximum absolute atomic E-state index is 13.3. The lowest BCUT2D eigenvalue weighted by atomic mass is 9.57. The molecular weight excluding hydrogens is 349 g/mol. The fraction of sp³-hybridized carbons (Fsp3) is 0.955. The highest BCUT2D eigenvalue weighted by Crippen LogP contribution is 2.43. The highest BCUT2D eigenvalue weighted by molar-refractivity contribution is 6.28. The van der Waals surface area contributed by atoms with E-state index in [2.05, 4.69) is 10.2 Å². The fourth-order valence-corrected chi connectivity index (χ4v) is 6.85. The lowest BCUT2D eigenvalue weighted by Gasteiger charge is -2.46. The minimum atomic E-state index is 0.0769. The highest BCUT2D eigenvalue weighted by atomic mass is 16.2. The Morgan fingerprint density at radius 2 is 1.86 bits per heavy atom. The van der Waals surface area contributed by atoms with Crippen LogP contribution in [0.3, 0.4) is 0 Å². The Morgan fingerprint density at radius 1 is 1.04 bits per heavy atom. The third kappa shape index (κ3) is 4.44. The molecule has 0 bridgehead atoms. The molecule has 2 heterocycles. The predicted molar refractivity (Wildman–Crippen MR) is 113 cm³/mol. The molecule has 5 nitrogen and oxygen atoms in total. The largest absolute Gasteiger partial charge is 0.454 e. The van der Waals surface area contributed by atoms with E-state index >= 15 is 0 Å². The maximum Gasteiger partial charge on any atom is 0.291 e. The zero-order valence-electron chi connectivity index (χ0n) is 17.4. The van der Waals surface area contributed by atoms with Crippen LogP contribution in [-0.4, -0.2) is 55.5 Å². The normalized spacial score (nSPS) is 40.0. The molecule has 2 aliphatic carbocycles. The number of nitrogens with two attached hydrogens (primary N) is 1. The van der Waals surface area contributed by atoms with Gasteiger partial charge in [-0.25, -0.2) is 0 Å². The van der Waals surface area contributed by atoms with Crippen molar-refractivity contribution in [2.24, 2.45) is 35.3 Å². The number of likely N-dealkylation sites (tertiary alicyclic amines) is 1. The second-order valence-electron chi connectivity index (χ2n) is 10.0. The van der Waals surface area contributed by atoms with Crippen molar-refractivity contribution in [3.05, 3.63) is 0 Å². The van der Waals surface area contributed by atoms with Crippen LogP contribution in [-0.2, 0) is 4.79 Å². The average molecular weight is 388 g/mol. The Bertz CT molecular complexity index is 518. The zero-order valence-corrected chi connectivity index (χ0v) is 17.4. The molecule has 2 aliphatic heterocycles. The highest BCUT2D eigenvalue weighted by Gasteiger charge is 2.43. The Balaban J connectivity index is 1.30. The van der Waals surface area contributed by atoms with Gasteiger partial charge in [-0.1, -0.05) is 12.8 Å². The second kappa shape index (κ2) is 9.48. The molecule has 0 aromatic heterocycles. The Kier molecular flexibility index (Phi) is 7.00. The van der Waals surface area contributed by atoms with Gasteiger partial charge in [0.25, 0.3) is 7.48 Å². The van der Waals surface area contributed by atoms with Crippen LogP contribution in [0.1, 0.15) is 64.2 Å². The van der Waals surface area contributed by atoms with E-state index in [1.54, 1.807) is 0 Å². The molecule has 6 heteroatoms. The Morgan fingerprint density at radius 3 is 2.61 bits per heavy atom.